The Morgan fingerprint density at radius 1 is 1.43 bits per heavy atom. The fourth-order valence-electron chi connectivity index (χ4n) is 2.91. The highest BCUT2D eigenvalue weighted by Crippen LogP contribution is 2.18. The number of aryl methyl sites for hydroxylation is 1. The first-order valence-electron chi connectivity index (χ1n) is 8.46. The molecule has 1 aliphatic rings. The molecule has 0 radical (unpaired) electrons. The van der Waals surface area contributed by atoms with Gasteiger partial charge in [-0.2, -0.15) is 0 Å². The third-order valence-electron chi connectivity index (χ3n) is 4.33. The standard InChI is InChI=1S/C18H28N2O3/c1-13-6-3-4-8-16(13)17(21)12-19-18(22)20-14(2)9-10-15-7-5-11-23-15/h3-4,6,8,14-15,17,21H,5,7,9-12H2,1-2H3,(H2,19,20,22)/t14-,15+,17-/m1/s1. The fourth-order valence-corrected chi connectivity index (χ4v) is 2.91. The molecule has 0 aliphatic carbocycles. The summed E-state index contributed by atoms with van der Waals surface area (Å²) in [6.45, 7) is 5.01. The summed E-state index contributed by atoms with van der Waals surface area (Å²) in [5, 5.41) is 15.8. The van der Waals surface area contributed by atoms with Crippen molar-refractivity contribution in [2.45, 2.75) is 57.8 Å². The maximum Gasteiger partial charge on any atom is 0.315 e. The molecule has 5 nitrogen and oxygen atoms in total. The van der Waals surface area contributed by atoms with E-state index in [0.717, 1.165) is 43.4 Å². The fraction of sp³-hybridized carbons (Fsp3) is 0.611. The zero-order chi connectivity index (χ0) is 16.7. The van der Waals surface area contributed by atoms with Crippen LogP contribution in [0.3, 0.4) is 0 Å². The molecule has 0 saturated carbocycles. The van der Waals surface area contributed by atoms with Gasteiger partial charge in [-0.05, 0) is 50.7 Å². The van der Waals surface area contributed by atoms with Crippen LogP contribution >= 0.6 is 0 Å². The van der Waals surface area contributed by atoms with E-state index in [2.05, 4.69) is 10.6 Å². The van der Waals surface area contributed by atoms with Gasteiger partial charge in [-0.15, -0.1) is 0 Å². The van der Waals surface area contributed by atoms with Crippen molar-refractivity contribution in [1.29, 1.82) is 0 Å². The number of aliphatic hydroxyl groups excluding tert-OH is 1. The van der Waals surface area contributed by atoms with Crippen molar-refractivity contribution in [3.63, 3.8) is 0 Å². The molecular formula is C18H28N2O3. The Morgan fingerprint density at radius 3 is 2.91 bits per heavy atom. The molecule has 1 aromatic carbocycles. The Labute approximate surface area is 138 Å². The highest BCUT2D eigenvalue weighted by Gasteiger charge is 2.17. The smallest absolute Gasteiger partial charge is 0.315 e. The maximum absolute atomic E-state index is 11.9. The van der Waals surface area contributed by atoms with E-state index in [4.69, 9.17) is 4.74 Å². The summed E-state index contributed by atoms with van der Waals surface area (Å²) in [4.78, 5) is 11.9. The van der Waals surface area contributed by atoms with Gasteiger partial charge in [0.1, 0.15) is 0 Å². The van der Waals surface area contributed by atoms with Crippen LogP contribution in [0, 0.1) is 6.92 Å². The lowest BCUT2D eigenvalue weighted by molar-refractivity contribution is 0.100. The summed E-state index contributed by atoms with van der Waals surface area (Å²) in [6.07, 6.45) is 3.81. The molecule has 0 aromatic heterocycles. The van der Waals surface area contributed by atoms with Crippen molar-refractivity contribution in [1.82, 2.24) is 10.6 Å². The average Bonchev–Trinajstić information content (AvgIpc) is 3.04. The SMILES string of the molecule is Cc1ccccc1[C@H](O)CNC(=O)N[C@H](C)CC[C@@H]1CCCO1. The molecule has 0 spiro atoms. The number of hydrogen-bond acceptors (Lipinski definition) is 3. The van der Waals surface area contributed by atoms with Gasteiger partial charge in [0, 0.05) is 19.2 Å². The second-order valence-electron chi connectivity index (χ2n) is 6.34. The summed E-state index contributed by atoms with van der Waals surface area (Å²) in [5.41, 5.74) is 1.87. The third-order valence-corrected chi connectivity index (χ3v) is 4.33. The molecule has 23 heavy (non-hydrogen) atoms. The van der Waals surface area contributed by atoms with Crippen molar-refractivity contribution in [3.05, 3.63) is 35.4 Å². The Bertz CT molecular complexity index is 501. The zero-order valence-electron chi connectivity index (χ0n) is 14.0. The average molecular weight is 320 g/mol. The first-order chi connectivity index (χ1) is 11.1. The number of hydrogen-bond donors (Lipinski definition) is 3. The van der Waals surface area contributed by atoms with Gasteiger partial charge in [-0.3, -0.25) is 0 Å². The first-order valence-corrected chi connectivity index (χ1v) is 8.46. The van der Waals surface area contributed by atoms with E-state index in [9.17, 15) is 9.90 Å². The van der Waals surface area contributed by atoms with E-state index < -0.39 is 6.10 Å². The van der Waals surface area contributed by atoms with Gasteiger partial charge in [0.25, 0.3) is 0 Å². The minimum absolute atomic E-state index is 0.0924. The lowest BCUT2D eigenvalue weighted by atomic mass is 10.0. The zero-order valence-corrected chi connectivity index (χ0v) is 14.0. The molecule has 3 atom stereocenters. The van der Waals surface area contributed by atoms with Gasteiger partial charge < -0.3 is 20.5 Å². The van der Waals surface area contributed by atoms with Crippen molar-refractivity contribution in [2.75, 3.05) is 13.2 Å². The van der Waals surface area contributed by atoms with Crippen molar-refractivity contribution in [3.8, 4) is 0 Å². The normalized spacial score (nSPS) is 20.0. The van der Waals surface area contributed by atoms with Crippen LogP contribution in [0.4, 0.5) is 4.79 Å². The van der Waals surface area contributed by atoms with Crippen LogP contribution in [-0.2, 0) is 4.74 Å². The molecule has 1 aromatic rings. The minimum atomic E-state index is -0.691. The number of nitrogens with one attached hydrogen (secondary N) is 2. The lowest BCUT2D eigenvalue weighted by Gasteiger charge is -2.18. The number of ether oxygens (including phenoxy) is 1. The number of carbonyl (C=O) groups is 1. The molecule has 128 valence electrons. The highest BCUT2D eigenvalue weighted by atomic mass is 16.5. The van der Waals surface area contributed by atoms with E-state index in [1.54, 1.807) is 0 Å². The Morgan fingerprint density at radius 2 is 2.22 bits per heavy atom. The number of benzene rings is 1. The molecule has 2 amide bonds. The van der Waals surface area contributed by atoms with Gasteiger partial charge in [-0.25, -0.2) is 4.79 Å². The number of rotatable bonds is 7. The van der Waals surface area contributed by atoms with Crippen molar-refractivity contribution in [2.24, 2.45) is 0 Å². The molecule has 0 bridgehead atoms. The van der Waals surface area contributed by atoms with E-state index >= 15 is 0 Å². The number of amides is 2. The second-order valence-corrected chi connectivity index (χ2v) is 6.34. The summed E-state index contributed by atoms with van der Waals surface area (Å²) in [6, 6.07) is 7.50. The molecule has 0 unspecified atom stereocenters. The van der Waals surface area contributed by atoms with E-state index in [-0.39, 0.29) is 18.6 Å². The molecular weight excluding hydrogens is 292 g/mol. The third kappa shape index (κ3) is 5.84. The van der Waals surface area contributed by atoms with E-state index in [0.29, 0.717) is 6.10 Å². The van der Waals surface area contributed by atoms with Crippen LogP contribution in [0.1, 0.15) is 49.8 Å². The Balaban J connectivity index is 1.66. The quantitative estimate of drug-likeness (QED) is 0.723. The van der Waals surface area contributed by atoms with E-state index in [1.807, 2.05) is 38.1 Å². The minimum Gasteiger partial charge on any atom is -0.387 e. The summed E-state index contributed by atoms with van der Waals surface area (Å²) >= 11 is 0. The molecule has 3 N–H and O–H groups in total. The predicted molar refractivity (Wildman–Crippen MR) is 90.3 cm³/mol. The maximum atomic E-state index is 11.9. The van der Waals surface area contributed by atoms with Crippen LogP contribution in [0.15, 0.2) is 24.3 Å². The van der Waals surface area contributed by atoms with Crippen LogP contribution in [-0.4, -0.2) is 36.4 Å². The summed E-state index contributed by atoms with van der Waals surface area (Å²) in [5.74, 6) is 0. The second kappa shape index (κ2) is 8.89. The van der Waals surface area contributed by atoms with Gasteiger partial charge in [0.2, 0.25) is 0 Å². The van der Waals surface area contributed by atoms with Crippen LogP contribution in [0.25, 0.3) is 0 Å². The van der Waals surface area contributed by atoms with Crippen LogP contribution in [0.2, 0.25) is 0 Å². The number of aliphatic hydroxyl groups is 1. The van der Waals surface area contributed by atoms with Crippen LogP contribution in [0.5, 0.6) is 0 Å². The topological polar surface area (TPSA) is 70.6 Å². The molecule has 1 saturated heterocycles. The Hall–Kier alpha value is -1.59. The lowest BCUT2D eigenvalue weighted by Crippen LogP contribution is -2.42. The van der Waals surface area contributed by atoms with Crippen molar-refractivity contribution >= 4 is 6.03 Å². The number of carbonyl (C=O) groups excluding carboxylic acids is 1. The summed E-state index contributed by atoms with van der Waals surface area (Å²) < 4.78 is 5.59. The summed E-state index contributed by atoms with van der Waals surface area (Å²) in [7, 11) is 0. The largest absolute Gasteiger partial charge is 0.387 e. The van der Waals surface area contributed by atoms with E-state index in [1.165, 1.54) is 0 Å². The monoisotopic (exact) mass is 320 g/mol. The highest BCUT2D eigenvalue weighted by molar-refractivity contribution is 5.74. The van der Waals surface area contributed by atoms with Gasteiger partial charge in [-0.1, -0.05) is 24.3 Å². The Kier molecular flexibility index (Phi) is 6.86. The molecule has 2 rings (SSSR count). The van der Waals surface area contributed by atoms with Gasteiger partial charge in [0.05, 0.1) is 12.2 Å². The molecule has 5 heteroatoms. The first kappa shape index (κ1) is 17.8. The number of urea groups is 1. The molecule has 1 fully saturated rings. The molecule has 1 heterocycles. The molecule has 1 aliphatic heterocycles. The predicted octanol–water partition coefficient (Wildman–Crippen LogP) is 2.68. The van der Waals surface area contributed by atoms with Gasteiger partial charge in [0.15, 0.2) is 0 Å². The van der Waals surface area contributed by atoms with Gasteiger partial charge >= 0.3 is 6.03 Å². The van der Waals surface area contributed by atoms with Crippen LogP contribution < -0.4 is 10.6 Å². The van der Waals surface area contributed by atoms with Crippen molar-refractivity contribution < 1.29 is 14.6 Å².